The molecule has 5 rings (SSSR count). The van der Waals surface area contributed by atoms with Gasteiger partial charge in [-0.25, -0.2) is 13.5 Å². The second-order valence-corrected chi connectivity index (χ2v) is 9.66. The fourth-order valence-electron chi connectivity index (χ4n) is 4.71. The first-order chi connectivity index (χ1) is 18.3. The van der Waals surface area contributed by atoms with Gasteiger partial charge in [0.15, 0.2) is 11.6 Å². The number of H-pyrrole nitrogens is 1. The van der Waals surface area contributed by atoms with Gasteiger partial charge < -0.3 is 23.6 Å². The normalized spacial score (nSPS) is 16.0. The first kappa shape index (κ1) is 26.2. The number of aromatic nitrogens is 2. The number of ether oxygens (including phenoxy) is 2. The fourth-order valence-corrected chi connectivity index (χ4v) is 5.00. The number of morpholine rings is 1. The van der Waals surface area contributed by atoms with Gasteiger partial charge in [-0.05, 0) is 35.9 Å². The van der Waals surface area contributed by atoms with Crippen LogP contribution in [0.15, 0.2) is 59.7 Å². The van der Waals surface area contributed by atoms with Gasteiger partial charge in [-0.2, -0.15) is 0 Å². The molecule has 2 N–H and O–H groups in total. The second kappa shape index (κ2) is 11.1. The number of aromatic amines is 1. The Kier molecular flexibility index (Phi) is 7.68. The number of benzene rings is 2. The number of hydrogen-bond donors (Lipinski definition) is 2. The average Bonchev–Trinajstić information content (AvgIpc) is 3.39. The van der Waals surface area contributed by atoms with E-state index >= 15 is 0 Å². The van der Waals surface area contributed by atoms with Crippen LogP contribution in [0.3, 0.4) is 0 Å². The molecule has 200 valence electrons. The van der Waals surface area contributed by atoms with Gasteiger partial charge in [0.25, 0.3) is 5.56 Å². The summed E-state index contributed by atoms with van der Waals surface area (Å²) in [5.74, 6) is -1.47. The number of nitrogens with zero attached hydrogens (tertiary/aromatic N) is 2. The lowest BCUT2D eigenvalue weighted by molar-refractivity contribution is 0.0172. The number of hydrogen-bond acceptors (Lipinski definition) is 6. The lowest BCUT2D eigenvalue weighted by atomic mass is 9.96. The predicted octanol–water partition coefficient (Wildman–Crippen LogP) is 3.36. The molecule has 1 aliphatic heterocycles. The highest BCUT2D eigenvalue weighted by Crippen LogP contribution is 2.39. The molecule has 9 nitrogen and oxygen atoms in total. The highest BCUT2D eigenvalue weighted by molar-refractivity contribution is 7.77. The molecule has 12 heteroatoms. The van der Waals surface area contributed by atoms with Crippen LogP contribution in [0.5, 0.6) is 11.5 Å². The highest BCUT2D eigenvalue weighted by Gasteiger charge is 2.25. The summed E-state index contributed by atoms with van der Waals surface area (Å²) < 4.78 is 66.0. The van der Waals surface area contributed by atoms with Gasteiger partial charge in [-0.15, -0.1) is 0 Å². The van der Waals surface area contributed by atoms with Crippen LogP contribution in [0.4, 0.5) is 8.78 Å². The summed E-state index contributed by atoms with van der Waals surface area (Å²) in [7, 11) is 1.63. The highest BCUT2D eigenvalue weighted by atomic mass is 32.2. The summed E-state index contributed by atoms with van der Waals surface area (Å²) in [6, 6.07) is 9.78. The van der Waals surface area contributed by atoms with Crippen LogP contribution in [0.25, 0.3) is 22.0 Å². The van der Waals surface area contributed by atoms with Gasteiger partial charge in [-0.3, -0.25) is 13.9 Å². The zero-order valence-electron chi connectivity index (χ0n) is 20.4. The van der Waals surface area contributed by atoms with E-state index in [9.17, 15) is 22.3 Å². The maximum absolute atomic E-state index is 14.5. The van der Waals surface area contributed by atoms with Crippen LogP contribution < -0.4 is 15.0 Å². The molecule has 2 aromatic carbocycles. The standard InChI is InChI=1S/C26H26F2N4O5S/c1-31-15-20(18-6-7-29-25(18)26(31)33)19-12-16(22(14-30-38(34)35)32-8-10-36-11-9-32)2-4-23(19)37-24-5-3-17(27)13-21(24)28/h2-7,12-13,15,22,29-30H,8-11,14H2,1H3,(H,34,35)/p-1. The molecule has 2 atom stereocenters. The molecule has 0 bridgehead atoms. The van der Waals surface area contributed by atoms with E-state index in [0.29, 0.717) is 48.3 Å². The fraction of sp³-hybridized carbons (Fsp3) is 0.269. The molecular weight excluding hydrogens is 518 g/mol. The molecule has 1 fully saturated rings. The summed E-state index contributed by atoms with van der Waals surface area (Å²) >= 11 is -2.46. The summed E-state index contributed by atoms with van der Waals surface area (Å²) in [5.41, 5.74) is 2.15. The number of fused-ring (bicyclic) bond motifs is 1. The van der Waals surface area contributed by atoms with Gasteiger partial charge in [0.2, 0.25) is 0 Å². The van der Waals surface area contributed by atoms with Crippen molar-refractivity contribution in [1.29, 1.82) is 0 Å². The summed E-state index contributed by atoms with van der Waals surface area (Å²) in [6.07, 6.45) is 3.32. The second-order valence-electron chi connectivity index (χ2n) is 8.90. The monoisotopic (exact) mass is 543 g/mol. The van der Waals surface area contributed by atoms with Crippen molar-refractivity contribution >= 4 is 22.2 Å². The first-order valence-corrected chi connectivity index (χ1v) is 13.0. The predicted molar refractivity (Wildman–Crippen MR) is 137 cm³/mol. The minimum absolute atomic E-state index is 0.120. The zero-order chi connectivity index (χ0) is 26.8. The van der Waals surface area contributed by atoms with E-state index in [1.54, 1.807) is 37.6 Å². The van der Waals surface area contributed by atoms with Crippen molar-refractivity contribution in [3.8, 4) is 22.6 Å². The number of rotatable bonds is 8. The largest absolute Gasteiger partial charge is 0.760 e. The van der Waals surface area contributed by atoms with E-state index in [-0.39, 0.29) is 29.6 Å². The Morgan fingerprint density at radius 3 is 2.63 bits per heavy atom. The van der Waals surface area contributed by atoms with Crippen LogP contribution >= 0.6 is 0 Å². The Bertz CT molecular complexity index is 1550. The van der Waals surface area contributed by atoms with E-state index in [0.717, 1.165) is 17.7 Å². The maximum atomic E-state index is 14.5. The zero-order valence-corrected chi connectivity index (χ0v) is 21.2. The molecule has 1 saturated heterocycles. The van der Waals surface area contributed by atoms with E-state index < -0.39 is 22.9 Å². The summed E-state index contributed by atoms with van der Waals surface area (Å²) in [5, 5.41) is 0.636. The van der Waals surface area contributed by atoms with Crippen molar-refractivity contribution in [2.75, 3.05) is 32.8 Å². The Labute approximate surface area is 219 Å². The van der Waals surface area contributed by atoms with Gasteiger partial charge in [0.1, 0.15) is 17.1 Å². The van der Waals surface area contributed by atoms with Gasteiger partial charge in [0.05, 0.1) is 13.2 Å². The SMILES string of the molecule is Cn1cc(-c2cc(C(CNS(=O)[O-])N3CCOCC3)ccc2Oc2ccc(F)cc2F)c2cc[nH]c2c1=O. The van der Waals surface area contributed by atoms with Crippen molar-refractivity contribution in [3.05, 3.63) is 82.4 Å². The van der Waals surface area contributed by atoms with Crippen LogP contribution in [0.1, 0.15) is 11.6 Å². The third-order valence-electron chi connectivity index (χ3n) is 6.57. The topological polar surface area (TPSA) is 112 Å². The summed E-state index contributed by atoms with van der Waals surface area (Å²) in [4.78, 5) is 17.8. The van der Waals surface area contributed by atoms with Crippen molar-refractivity contribution in [2.24, 2.45) is 7.05 Å². The van der Waals surface area contributed by atoms with Crippen LogP contribution in [0, 0.1) is 11.6 Å². The van der Waals surface area contributed by atoms with Gasteiger partial charge >= 0.3 is 0 Å². The van der Waals surface area contributed by atoms with Crippen LogP contribution in [-0.2, 0) is 23.1 Å². The van der Waals surface area contributed by atoms with Gasteiger partial charge in [0, 0.05) is 79.0 Å². The van der Waals surface area contributed by atoms with Crippen LogP contribution in [-0.4, -0.2) is 56.1 Å². The minimum Gasteiger partial charge on any atom is -0.760 e. The number of aryl methyl sites for hydroxylation is 1. The number of halogens is 2. The maximum Gasteiger partial charge on any atom is 0.274 e. The quantitative estimate of drug-likeness (QED) is 0.330. The van der Waals surface area contributed by atoms with Crippen molar-refractivity contribution in [3.63, 3.8) is 0 Å². The number of pyridine rings is 1. The minimum atomic E-state index is -2.46. The third kappa shape index (κ3) is 5.40. The molecule has 38 heavy (non-hydrogen) atoms. The molecular formula is C26H25F2N4O5S-. The first-order valence-electron chi connectivity index (χ1n) is 11.9. The number of nitrogens with one attached hydrogen (secondary N) is 2. The molecule has 2 unspecified atom stereocenters. The Morgan fingerprint density at radius 1 is 1.13 bits per heavy atom. The molecule has 0 spiro atoms. The van der Waals surface area contributed by atoms with Crippen molar-refractivity contribution < 1.29 is 27.0 Å². The molecule has 3 heterocycles. The molecule has 2 aromatic heterocycles. The molecule has 0 amide bonds. The smallest absolute Gasteiger partial charge is 0.274 e. The van der Waals surface area contributed by atoms with Crippen LogP contribution in [0.2, 0.25) is 0 Å². The Balaban J connectivity index is 1.67. The molecule has 0 aliphatic carbocycles. The van der Waals surface area contributed by atoms with E-state index in [1.807, 2.05) is 6.07 Å². The van der Waals surface area contributed by atoms with E-state index in [2.05, 4.69) is 14.6 Å². The molecule has 0 saturated carbocycles. The lowest BCUT2D eigenvalue weighted by Gasteiger charge is -2.35. The lowest BCUT2D eigenvalue weighted by Crippen LogP contribution is -2.43. The molecule has 1 aliphatic rings. The summed E-state index contributed by atoms with van der Waals surface area (Å²) in [6.45, 7) is 2.36. The van der Waals surface area contributed by atoms with E-state index in [4.69, 9.17) is 9.47 Å². The third-order valence-corrected chi connectivity index (χ3v) is 6.97. The van der Waals surface area contributed by atoms with E-state index in [1.165, 1.54) is 10.6 Å². The molecule has 0 radical (unpaired) electrons. The average molecular weight is 544 g/mol. The van der Waals surface area contributed by atoms with Crippen molar-refractivity contribution in [1.82, 2.24) is 19.2 Å². The van der Waals surface area contributed by atoms with Gasteiger partial charge in [-0.1, -0.05) is 6.07 Å². The Morgan fingerprint density at radius 2 is 1.89 bits per heavy atom. The van der Waals surface area contributed by atoms with Crippen molar-refractivity contribution in [2.45, 2.75) is 6.04 Å². The molecule has 4 aromatic rings. The Hall–Kier alpha value is -3.42.